The fraction of sp³-hybridized carbons (Fsp3) is 0.929. The monoisotopic (exact) mass is 240 g/mol. The third kappa shape index (κ3) is 3.98. The van der Waals surface area contributed by atoms with Crippen molar-refractivity contribution in [3.8, 4) is 0 Å². The van der Waals surface area contributed by atoms with Crippen LogP contribution in [0.25, 0.3) is 0 Å². The molecule has 0 aromatic carbocycles. The number of rotatable bonds is 5. The Morgan fingerprint density at radius 1 is 1.41 bits per heavy atom. The summed E-state index contributed by atoms with van der Waals surface area (Å²) in [6.07, 6.45) is 3.39. The van der Waals surface area contributed by atoms with Crippen LogP contribution in [0.5, 0.6) is 0 Å². The highest BCUT2D eigenvalue weighted by Crippen LogP contribution is 2.18. The first-order valence-corrected chi connectivity index (χ1v) is 7.09. The van der Waals surface area contributed by atoms with Gasteiger partial charge in [0.1, 0.15) is 0 Å². The van der Waals surface area contributed by atoms with Crippen molar-refractivity contribution in [3.05, 3.63) is 0 Å². The van der Waals surface area contributed by atoms with Crippen LogP contribution in [0.2, 0.25) is 0 Å². The Balaban J connectivity index is 2.66. The first-order chi connectivity index (χ1) is 8.07. The molecule has 1 N–H and O–H groups in total. The second kappa shape index (κ2) is 7.00. The standard InChI is InChI=1S/C14H28N2O/c1-5-9-16(13-7-6-8-15-10-13)14(17)12(4)11(2)3/h11-13,15H,5-10H2,1-4H3. The minimum atomic E-state index is 0.142. The highest BCUT2D eigenvalue weighted by atomic mass is 16.2. The van der Waals surface area contributed by atoms with Gasteiger partial charge in [-0.15, -0.1) is 0 Å². The largest absolute Gasteiger partial charge is 0.338 e. The van der Waals surface area contributed by atoms with Crippen molar-refractivity contribution >= 4 is 5.91 Å². The van der Waals surface area contributed by atoms with Gasteiger partial charge in [0, 0.05) is 25.0 Å². The lowest BCUT2D eigenvalue weighted by atomic mass is 9.94. The Kier molecular flexibility index (Phi) is 5.96. The molecule has 1 aliphatic heterocycles. The van der Waals surface area contributed by atoms with E-state index in [2.05, 4.69) is 37.9 Å². The first kappa shape index (κ1) is 14.5. The maximum Gasteiger partial charge on any atom is 0.225 e. The molecule has 0 radical (unpaired) electrons. The van der Waals surface area contributed by atoms with Gasteiger partial charge in [-0.05, 0) is 31.7 Å². The molecular weight excluding hydrogens is 212 g/mol. The molecule has 3 nitrogen and oxygen atoms in total. The molecule has 1 heterocycles. The molecule has 0 aromatic rings. The highest BCUT2D eigenvalue weighted by molar-refractivity contribution is 5.79. The van der Waals surface area contributed by atoms with Gasteiger partial charge in [0.25, 0.3) is 0 Å². The molecular formula is C14H28N2O. The maximum absolute atomic E-state index is 12.5. The minimum Gasteiger partial charge on any atom is -0.338 e. The lowest BCUT2D eigenvalue weighted by Gasteiger charge is -2.37. The SMILES string of the molecule is CCCN(C(=O)C(C)C(C)C)C1CCCNC1. The molecule has 1 fully saturated rings. The molecule has 1 saturated heterocycles. The van der Waals surface area contributed by atoms with E-state index in [0.29, 0.717) is 17.9 Å². The predicted molar refractivity (Wildman–Crippen MR) is 71.9 cm³/mol. The number of carbonyl (C=O) groups excluding carboxylic acids is 1. The van der Waals surface area contributed by atoms with Crippen LogP contribution in [0.1, 0.15) is 47.0 Å². The average molecular weight is 240 g/mol. The van der Waals surface area contributed by atoms with Gasteiger partial charge in [0.05, 0.1) is 0 Å². The molecule has 2 unspecified atom stereocenters. The van der Waals surface area contributed by atoms with E-state index in [4.69, 9.17) is 0 Å². The number of carbonyl (C=O) groups is 1. The van der Waals surface area contributed by atoms with E-state index in [1.165, 1.54) is 6.42 Å². The van der Waals surface area contributed by atoms with E-state index in [-0.39, 0.29) is 5.92 Å². The number of hydrogen-bond donors (Lipinski definition) is 1. The van der Waals surface area contributed by atoms with E-state index in [1.807, 2.05) is 0 Å². The summed E-state index contributed by atoms with van der Waals surface area (Å²) >= 11 is 0. The fourth-order valence-electron chi connectivity index (χ4n) is 2.36. The first-order valence-electron chi connectivity index (χ1n) is 7.09. The summed E-state index contributed by atoms with van der Waals surface area (Å²) in [6.45, 7) is 11.4. The molecule has 1 rings (SSSR count). The maximum atomic E-state index is 12.5. The molecule has 0 bridgehead atoms. The summed E-state index contributed by atoms with van der Waals surface area (Å²) in [7, 11) is 0. The molecule has 0 saturated carbocycles. The Morgan fingerprint density at radius 2 is 2.12 bits per heavy atom. The molecule has 17 heavy (non-hydrogen) atoms. The highest BCUT2D eigenvalue weighted by Gasteiger charge is 2.28. The predicted octanol–water partition coefficient (Wildman–Crippen LogP) is 2.27. The van der Waals surface area contributed by atoms with Crippen LogP contribution in [-0.4, -0.2) is 36.5 Å². The zero-order valence-electron chi connectivity index (χ0n) is 11.8. The van der Waals surface area contributed by atoms with Gasteiger partial charge in [0.15, 0.2) is 0 Å². The fourth-order valence-corrected chi connectivity index (χ4v) is 2.36. The minimum absolute atomic E-state index is 0.142. The zero-order chi connectivity index (χ0) is 12.8. The van der Waals surface area contributed by atoms with Gasteiger partial charge >= 0.3 is 0 Å². The third-order valence-corrected chi connectivity index (χ3v) is 3.85. The van der Waals surface area contributed by atoms with Gasteiger partial charge < -0.3 is 10.2 Å². The normalized spacial score (nSPS) is 22.5. The molecule has 3 heteroatoms. The van der Waals surface area contributed by atoms with E-state index in [0.717, 1.165) is 32.5 Å². The quantitative estimate of drug-likeness (QED) is 0.799. The van der Waals surface area contributed by atoms with Crippen LogP contribution in [0, 0.1) is 11.8 Å². The van der Waals surface area contributed by atoms with Crippen molar-refractivity contribution in [2.75, 3.05) is 19.6 Å². The van der Waals surface area contributed by atoms with E-state index < -0.39 is 0 Å². The van der Waals surface area contributed by atoms with Crippen LogP contribution in [0.15, 0.2) is 0 Å². The molecule has 100 valence electrons. The van der Waals surface area contributed by atoms with Crippen molar-refractivity contribution in [3.63, 3.8) is 0 Å². The molecule has 2 atom stereocenters. The number of amides is 1. The van der Waals surface area contributed by atoms with Gasteiger partial charge in [-0.3, -0.25) is 4.79 Å². The zero-order valence-corrected chi connectivity index (χ0v) is 11.8. The Labute approximate surface area is 106 Å². The van der Waals surface area contributed by atoms with Crippen molar-refractivity contribution < 1.29 is 4.79 Å². The lowest BCUT2D eigenvalue weighted by Crippen LogP contribution is -2.51. The summed E-state index contributed by atoms with van der Waals surface area (Å²) in [6, 6.07) is 0.414. The second-order valence-corrected chi connectivity index (χ2v) is 5.56. The number of piperidine rings is 1. The molecule has 1 aliphatic rings. The number of nitrogens with zero attached hydrogens (tertiary/aromatic N) is 1. The van der Waals surface area contributed by atoms with Crippen molar-refractivity contribution in [2.24, 2.45) is 11.8 Å². The summed E-state index contributed by atoms with van der Waals surface area (Å²) in [4.78, 5) is 14.6. The van der Waals surface area contributed by atoms with E-state index in [1.54, 1.807) is 0 Å². The van der Waals surface area contributed by atoms with Crippen molar-refractivity contribution in [1.29, 1.82) is 0 Å². The van der Waals surface area contributed by atoms with Gasteiger partial charge in [-0.25, -0.2) is 0 Å². The smallest absolute Gasteiger partial charge is 0.225 e. The third-order valence-electron chi connectivity index (χ3n) is 3.85. The molecule has 0 spiro atoms. The van der Waals surface area contributed by atoms with Gasteiger partial charge in [-0.1, -0.05) is 27.7 Å². The van der Waals surface area contributed by atoms with Gasteiger partial charge in [-0.2, -0.15) is 0 Å². The Morgan fingerprint density at radius 3 is 2.59 bits per heavy atom. The number of hydrogen-bond acceptors (Lipinski definition) is 2. The Hall–Kier alpha value is -0.570. The number of nitrogens with one attached hydrogen (secondary N) is 1. The van der Waals surface area contributed by atoms with E-state index >= 15 is 0 Å². The Bertz CT molecular complexity index is 234. The van der Waals surface area contributed by atoms with Crippen LogP contribution in [0.4, 0.5) is 0 Å². The average Bonchev–Trinajstić information content (AvgIpc) is 2.35. The van der Waals surface area contributed by atoms with E-state index in [9.17, 15) is 4.79 Å². The molecule has 0 aliphatic carbocycles. The summed E-state index contributed by atoms with van der Waals surface area (Å²) < 4.78 is 0. The van der Waals surface area contributed by atoms with Gasteiger partial charge in [0.2, 0.25) is 5.91 Å². The molecule has 1 amide bonds. The van der Waals surface area contributed by atoms with Crippen molar-refractivity contribution in [2.45, 2.75) is 53.0 Å². The van der Waals surface area contributed by atoms with Crippen LogP contribution in [0.3, 0.4) is 0 Å². The van der Waals surface area contributed by atoms with Crippen LogP contribution in [-0.2, 0) is 4.79 Å². The van der Waals surface area contributed by atoms with Crippen molar-refractivity contribution in [1.82, 2.24) is 10.2 Å². The van der Waals surface area contributed by atoms with Crippen LogP contribution < -0.4 is 5.32 Å². The topological polar surface area (TPSA) is 32.3 Å². The summed E-state index contributed by atoms with van der Waals surface area (Å²) in [5.41, 5.74) is 0. The summed E-state index contributed by atoms with van der Waals surface area (Å²) in [5, 5.41) is 3.40. The summed E-state index contributed by atoms with van der Waals surface area (Å²) in [5.74, 6) is 0.914. The lowest BCUT2D eigenvalue weighted by molar-refractivity contribution is -0.139. The molecule has 0 aromatic heterocycles. The second-order valence-electron chi connectivity index (χ2n) is 5.56. The van der Waals surface area contributed by atoms with Crippen LogP contribution >= 0.6 is 0 Å².